The predicted octanol–water partition coefficient (Wildman–Crippen LogP) is -0.542. The number of phenolic OH excluding ortho intramolecular Hbond substituents is 1. The van der Waals surface area contributed by atoms with E-state index in [0.717, 1.165) is 0 Å². The average molecular weight is 256 g/mol. The van der Waals surface area contributed by atoms with Crippen molar-refractivity contribution in [1.82, 2.24) is 0 Å². The van der Waals surface area contributed by atoms with Gasteiger partial charge >= 0.3 is 5.97 Å². The van der Waals surface area contributed by atoms with Crippen LogP contribution < -0.4 is 0 Å². The molecule has 0 aliphatic carbocycles. The number of ether oxygens (including phenoxy) is 1. The number of aromatic hydroxyl groups is 1. The molecule has 6 heteroatoms. The maximum absolute atomic E-state index is 11.3. The van der Waals surface area contributed by atoms with Crippen molar-refractivity contribution in [2.45, 2.75) is 25.7 Å². The van der Waals surface area contributed by atoms with Gasteiger partial charge in [-0.05, 0) is 24.1 Å². The second kappa shape index (κ2) is 6.34. The summed E-state index contributed by atoms with van der Waals surface area (Å²) in [7, 11) is 0. The van der Waals surface area contributed by atoms with Crippen LogP contribution in [0.2, 0.25) is 0 Å². The molecule has 1 rings (SSSR count). The van der Waals surface area contributed by atoms with Crippen molar-refractivity contribution in [3.05, 3.63) is 29.3 Å². The van der Waals surface area contributed by atoms with Crippen LogP contribution in [-0.2, 0) is 16.1 Å². The Bertz CT molecular complexity index is 417. The highest BCUT2D eigenvalue weighted by Gasteiger charge is 2.24. The van der Waals surface area contributed by atoms with Gasteiger partial charge in [0.05, 0.1) is 6.61 Å². The van der Waals surface area contributed by atoms with E-state index in [1.807, 2.05) is 0 Å². The van der Waals surface area contributed by atoms with Crippen LogP contribution in [0.3, 0.4) is 0 Å². The third kappa shape index (κ3) is 3.69. The topological polar surface area (TPSA) is 107 Å². The summed E-state index contributed by atoms with van der Waals surface area (Å²) >= 11 is 0. The highest BCUT2D eigenvalue weighted by Crippen LogP contribution is 2.18. The lowest BCUT2D eigenvalue weighted by molar-refractivity contribution is -0.162. The molecule has 2 unspecified atom stereocenters. The van der Waals surface area contributed by atoms with Crippen LogP contribution in [0.5, 0.6) is 5.75 Å². The van der Waals surface area contributed by atoms with E-state index in [-0.39, 0.29) is 12.4 Å². The zero-order valence-corrected chi connectivity index (χ0v) is 9.91. The van der Waals surface area contributed by atoms with Crippen molar-refractivity contribution in [2.24, 2.45) is 0 Å². The average Bonchev–Trinajstić information content (AvgIpc) is 2.37. The lowest BCUT2D eigenvalue weighted by Crippen LogP contribution is -2.37. The van der Waals surface area contributed by atoms with Crippen molar-refractivity contribution in [2.75, 3.05) is 6.61 Å². The zero-order chi connectivity index (χ0) is 13.7. The Labute approximate surface area is 104 Å². The second-order valence-electron chi connectivity index (χ2n) is 3.92. The lowest BCUT2D eigenvalue weighted by Gasteiger charge is -2.14. The summed E-state index contributed by atoms with van der Waals surface area (Å²) in [6.07, 6.45) is -3.35. The molecule has 0 radical (unpaired) electrons. The standard InChI is InChI=1S/C12H16O6/c1-7-2-3-8(4-9(7)14)6-18-12(17)11(16)10(15)5-13/h2-4,10-11,13-16H,5-6H2,1H3. The number of aliphatic hydroxyl groups is 3. The minimum Gasteiger partial charge on any atom is -0.508 e. The predicted molar refractivity (Wildman–Crippen MR) is 61.7 cm³/mol. The van der Waals surface area contributed by atoms with Crippen LogP contribution in [0.4, 0.5) is 0 Å². The van der Waals surface area contributed by atoms with Gasteiger partial charge in [0.1, 0.15) is 18.5 Å². The Morgan fingerprint density at radius 1 is 1.39 bits per heavy atom. The van der Waals surface area contributed by atoms with Gasteiger partial charge < -0.3 is 25.2 Å². The molecule has 1 aromatic carbocycles. The van der Waals surface area contributed by atoms with Crippen molar-refractivity contribution in [1.29, 1.82) is 0 Å². The second-order valence-corrected chi connectivity index (χ2v) is 3.92. The minimum absolute atomic E-state index is 0.0829. The fourth-order valence-electron chi connectivity index (χ4n) is 1.24. The largest absolute Gasteiger partial charge is 0.508 e. The molecule has 18 heavy (non-hydrogen) atoms. The van der Waals surface area contributed by atoms with E-state index in [9.17, 15) is 15.0 Å². The Kier molecular flexibility index (Phi) is 5.08. The van der Waals surface area contributed by atoms with Crippen molar-refractivity contribution >= 4 is 5.97 Å². The van der Waals surface area contributed by atoms with Gasteiger partial charge in [0.25, 0.3) is 0 Å². The number of hydrogen-bond acceptors (Lipinski definition) is 6. The van der Waals surface area contributed by atoms with Gasteiger partial charge in [-0.2, -0.15) is 0 Å². The molecule has 1 aromatic rings. The fraction of sp³-hybridized carbons (Fsp3) is 0.417. The number of benzene rings is 1. The Balaban J connectivity index is 2.54. The summed E-state index contributed by atoms with van der Waals surface area (Å²) in [5, 5.41) is 36.3. The van der Waals surface area contributed by atoms with Gasteiger partial charge in [0.2, 0.25) is 0 Å². The normalized spacial score (nSPS) is 14.0. The van der Waals surface area contributed by atoms with Crippen molar-refractivity contribution < 1.29 is 30.0 Å². The summed E-state index contributed by atoms with van der Waals surface area (Å²) in [5.41, 5.74) is 1.25. The van der Waals surface area contributed by atoms with E-state index in [4.69, 9.17) is 14.9 Å². The summed E-state index contributed by atoms with van der Waals surface area (Å²) < 4.78 is 4.74. The van der Waals surface area contributed by atoms with E-state index >= 15 is 0 Å². The SMILES string of the molecule is Cc1ccc(COC(=O)C(O)C(O)CO)cc1O. The van der Waals surface area contributed by atoms with Gasteiger partial charge in [0.15, 0.2) is 6.10 Å². The molecule has 0 amide bonds. The smallest absolute Gasteiger partial charge is 0.338 e. The quantitative estimate of drug-likeness (QED) is 0.527. The van der Waals surface area contributed by atoms with Crippen LogP contribution in [0.25, 0.3) is 0 Å². The molecule has 6 nitrogen and oxygen atoms in total. The van der Waals surface area contributed by atoms with Gasteiger partial charge in [-0.3, -0.25) is 0 Å². The number of esters is 1. The van der Waals surface area contributed by atoms with Crippen LogP contribution in [0, 0.1) is 6.92 Å². The lowest BCUT2D eigenvalue weighted by atomic mass is 10.1. The molecular formula is C12H16O6. The molecule has 4 N–H and O–H groups in total. The molecule has 0 saturated heterocycles. The molecule has 0 saturated carbocycles. The third-order valence-corrected chi connectivity index (χ3v) is 2.45. The molecule has 0 fully saturated rings. The summed E-state index contributed by atoms with van der Waals surface area (Å²) in [4.78, 5) is 11.3. The zero-order valence-electron chi connectivity index (χ0n) is 9.91. The number of carbonyl (C=O) groups excluding carboxylic acids is 1. The number of rotatable bonds is 5. The van der Waals surface area contributed by atoms with Crippen LogP contribution in [-0.4, -0.2) is 45.2 Å². The molecule has 2 atom stereocenters. The molecule has 100 valence electrons. The summed E-state index contributed by atoms with van der Waals surface area (Å²) in [6.45, 7) is 0.857. The first-order valence-electron chi connectivity index (χ1n) is 5.37. The van der Waals surface area contributed by atoms with Gasteiger partial charge in [-0.1, -0.05) is 12.1 Å². The maximum Gasteiger partial charge on any atom is 0.338 e. The summed E-state index contributed by atoms with van der Waals surface area (Å²) in [5.74, 6) is -0.948. The van der Waals surface area contributed by atoms with Crippen LogP contribution in [0.1, 0.15) is 11.1 Å². The van der Waals surface area contributed by atoms with Gasteiger partial charge in [-0.25, -0.2) is 4.79 Å². The number of aryl methyl sites for hydroxylation is 1. The Hall–Kier alpha value is -1.63. The Morgan fingerprint density at radius 3 is 2.61 bits per heavy atom. The first-order chi connectivity index (χ1) is 8.45. The van der Waals surface area contributed by atoms with Crippen LogP contribution in [0.15, 0.2) is 18.2 Å². The molecule has 0 aliphatic rings. The number of phenols is 1. The first kappa shape index (κ1) is 14.4. The molecule has 0 aromatic heterocycles. The Morgan fingerprint density at radius 2 is 2.06 bits per heavy atom. The van der Waals surface area contributed by atoms with E-state index in [1.54, 1.807) is 19.1 Å². The molecular weight excluding hydrogens is 240 g/mol. The third-order valence-electron chi connectivity index (χ3n) is 2.45. The highest BCUT2D eigenvalue weighted by molar-refractivity contribution is 5.75. The van der Waals surface area contributed by atoms with E-state index in [1.165, 1.54) is 6.07 Å². The van der Waals surface area contributed by atoms with Crippen molar-refractivity contribution in [3.8, 4) is 5.75 Å². The number of aliphatic hydroxyl groups excluding tert-OH is 3. The maximum atomic E-state index is 11.3. The highest BCUT2D eigenvalue weighted by atomic mass is 16.5. The molecule has 0 aliphatic heterocycles. The van der Waals surface area contributed by atoms with Crippen molar-refractivity contribution in [3.63, 3.8) is 0 Å². The monoisotopic (exact) mass is 256 g/mol. The van der Waals surface area contributed by atoms with Gasteiger partial charge in [-0.15, -0.1) is 0 Å². The fourth-order valence-corrected chi connectivity index (χ4v) is 1.24. The van der Waals surface area contributed by atoms with E-state index < -0.39 is 24.8 Å². The number of carbonyl (C=O) groups is 1. The minimum atomic E-state index is -1.78. The molecule has 0 spiro atoms. The first-order valence-corrected chi connectivity index (χ1v) is 5.37. The number of hydrogen-bond donors (Lipinski definition) is 4. The van der Waals surface area contributed by atoms with Crippen LogP contribution >= 0.6 is 0 Å². The van der Waals surface area contributed by atoms with E-state index in [0.29, 0.717) is 11.1 Å². The molecule has 0 heterocycles. The van der Waals surface area contributed by atoms with Gasteiger partial charge in [0, 0.05) is 0 Å². The van der Waals surface area contributed by atoms with E-state index in [2.05, 4.69) is 0 Å². The summed E-state index contributed by atoms with van der Waals surface area (Å²) in [6, 6.07) is 4.77. The molecule has 0 bridgehead atoms.